The summed E-state index contributed by atoms with van der Waals surface area (Å²) in [6.07, 6.45) is 4.47. The Morgan fingerprint density at radius 1 is 1.38 bits per heavy atom. The van der Waals surface area contributed by atoms with Crippen molar-refractivity contribution in [2.75, 3.05) is 5.73 Å². The number of rotatable bonds is 4. The standard InChI is InChI=1S/C9H14ClN3/c1-2-3-4-5-7-6-8(10)13-9(11)12-7/h6H,2-5H2,1H3,(H2,11,12,13). The summed E-state index contributed by atoms with van der Waals surface area (Å²) >= 11 is 5.73. The maximum atomic E-state index is 5.73. The summed E-state index contributed by atoms with van der Waals surface area (Å²) in [5.74, 6) is 0.263. The highest BCUT2D eigenvalue weighted by Crippen LogP contribution is 2.11. The van der Waals surface area contributed by atoms with Gasteiger partial charge in [-0.25, -0.2) is 9.97 Å². The van der Waals surface area contributed by atoms with Crippen molar-refractivity contribution in [1.82, 2.24) is 9.97 Å². The Balaban J connectivity index is 2.56. The van der Waals surface area contributed by atoms with Crippen LogP contribution in [0.4, 0.5) is 5.95 Å². The van der Waals surface area contributed by atoms with Crippen LogP contribution in [0.5, 0.6) is 0 Å². The zero-order valence-electron chi connectivity index (χ0n) is 7.76. The van der Waals surface area contributed by atoms with Gasteiger partial charge >= 0.3 is 0 Å². The molecule has 72 valence electrons. The fraction of sp³-hybridized carbons (Fsp3) is 0.556. The molecule has 0 fully saturated rings. The van der Waals surface area contributed by atoms with E-state index in [2.05, 4.69) is 16.9 Å². The van der Waals surface area contributed by atoms with E-state index in [1.54, 1.807) is 6.07 Å². The van der Waals surface area contributed by atoms with Gasteiger partial charge in [0.15, 0.2) is 0 Å². The Kier molecular flexibility index (Phi) is 3.96. The lowest BCUT2D eigenvalue weighted by Gasteiger charge is -2.01. The van der Waals surface area contributed by atoms with Crippen molar-refractivity contribution in [2.45, 2.75) is 32.6 Å². The normalized spacial score (nSPS) is 10.3. The molecule has 4 heteroatoms. The molecule has 0 unspecified atom stereocenters. The van der Waals surface area contributed by atoms with Crippen molar-refractivity contribution in [2.24, 2.45) is 0 Å². The van der Waals surface area contributed by atoms with Crippen LogP contribution in [-0.4, -0.2) is 9.97 Å². The summed E-state index contributed by atoms with van der Waals surface area (Å²) in [7, 11) is 0. The summed E-state index contributed by atoms with van der Waals surface area (Å²) in [6.45, 7) is 2.17. The van der Waals surface area contributed by atoms with E-state index in [1.807, 2.05) is 0 Å². The fourth-order valence-corrected chi connectivity index (χ4v) is 1.38. The van der Waals surface area contributed by atoms with Crippen LogP contribution >= 0.6 is 11.6 Å². The molecule has 0 radical (unpaired) electrons. The maximum absolute atomic E-state index is 5.73. The minimum atomic E-state index is 0.263. The van der Waals surface area contributed by atoms with E-state index in [-0.39, 0.29) is 5.95 Å². The minimum absolute atomic E-state index is 0.263. The molecule has 1 aromatic heterocycles. The van der Waals surface area contributed by atoms with Gasteiger partial charge in [-0.15, -0.1) is 0 Å². The number of nitrogens with zero attached hydrogens (tertiary/aromatic N) is 2. The second-order valence-corrected chi connectivity index (χ2v) is 3.38. The molecule has 0 amide bonds. The molecule has 1 rings (SSSR count). The molecule has 3 nitrogen and oxygen atoms in total. The number of anilines is 1. The largest absolute Gasteiger partial charge is 0.368 e. The first-order valence-corrected chi connectivity index (χ1v) is 4.89. The molecule has 0 spiro atoms. The third-order valence-electron chi connectivity index (χ3n) is 1.80. The maximum Gasteiger partial charge on any atom is 0.221 e. The summed E-state index contributed by atoms with van der Waals surface area (Å²) in [4.78, 5) is 7.88. The third kappa shape index (κ3) is 3.59. The van der Waals surface area contributed by atoms with Crippen molar-refractivity contribution in [3.8, 4) is 0 Å². The van der Waals surface area contributed by atoms with Gasteiger partial charge in [-0.3, -0.25) is 0 Å². The zero-order chi connectivity index (χ0) is 9.68. The van der Waals surface area contributed by atoms with E-state index in [9.17, 15) is 0 Å². The number of hydrogen-bond acceptors (Lipinski definition) is 3. The van der Waals surface area contributed by atoms with Crippen LogP contribution in [0.1, 0.15) is 31.9 Å². The van der Waals surface area contributed by atoms with Crippen LogP contribution in [0, 0.1) is 0 Å². The zero-order valence-corrected chi connectivity index (χ0v) is 8.51. The molecule has 0 atom stereocenters. The lowest BCUT2D eigenvalue weighted by Crippen LogP contribution is -1.99. The van der Waals surface area contributed by atoms with Crippen molar-refractivity contribution in [3.63, 3.8) is 0 Å². The molecule has 0 bridgehead atoms. The predicted octanol–water partition coefficient (Wildman–Crippen LogP) is 2.44. The van der Waals surface area contributed by atoms with Crippen LogP contribution in [0.15, 0.2) is 6.07 Å². The van der Waals surface area contributed by atoms with Crippen LogP contribution in [0.25, 0.3) is 0 Å². The molecular weight excluding hydrogens is 186 g/mol. The van der Waals surface area contributed by atoms with Gasteiger partial charge in [0.2, 0.25) is 5.95 Å². The Hall–Kier alpha value is -0.830. The van der Waals surface area contributed by atoms with Gasteiger partial charge in [-0.2, -0.15) is 0 Å². The van der Waals surface area contributed by atoms with E-state index >= 15 is 0 Å². The molecule has 0 saturated carbocycles. The van der Waals surface area contributed by atoms with Crippen LogP contribution in [0.2, 0.25) is 5.15 Å². The highest BCUT2D eigenvalue weighted by molar-refractivity contribution is 6.29. The first-order chi connectivity index (χ1) is 6.22. The second kappa shape index (κ2) is 5.02. The van der Waals surface area contributed by atoms with Crippen LogP contribution < -0.4 is 5.73 Å². The lowest BCUT2D eigenvalue weighted by atomic mass is 10.1. The van der Waals surface area contributed by atoms with Gasteiger partial charge in [0.1, 0.15) is 5.15 Å². The number of aryl methyl sites for hydroxylation is 1. The monoisotopic (exact) mass is 199 g/mol. The summed E-state index contributed by atoms with van der Waals surface area (Å²) in [6, 6.07) is 1.77. The van der Waals surface area contributed by atoms with Crippen LogP contribution in [0.3, 0.4) is 0 Å². The average Bonchev–Trinajstić information content (AvgIpc) is 2.03. The molecule has 0 aliphatic carbocycles. The molecule has 0 aromatic carbocycles. The topological polar surface area (TPSA) is 51.8 Å². The molecule has 0 saturated heterocycles. The quantitative estimate of drug-likeness (QED) is 0.599. The van der Waals surface area contributed by atoms with Crippen molar-refractivity contribution in [1.29, 1.82) is 0 Å². The fourth-order valence-electron chi connectivity index (χ4n) is 1.17. The molecular formula is C9H14ClN3. The van der Waals surface area contributed by atoms with Gasteiger partial charge in [0.25, 0.3) is 0 Å². The van der Waals surface area contributed by atoms with Crippen molar-refractivity contribution < 1.29 is 0 Å². The van der Waals surface area contributed by atoms with E-state index in [0.29, 0.717) is 5.15 Å². The molecule has 0 aliphatic heterocycles. The molecule has 2 N–H and O–H groups in total. The summed E-state index contributed by atoms with van der Waals surface area (Å²) < 4.78 is 0. The van der Waals surface area contributed by atoms with Gasteiger partial charge in [-0.1, -0.05) is 31.4 Å². The Labute approximate surface area is 83.3 Å². The molecule has 13 heavy (non-hydrogen) atoms. The van der Waals surface area contributed by atoms with Gasteiger partial charge in [0.05, 0.1) is 0 Å². The predicted molar refractivity (Wildman–Crippen MR) is 54.7 cm³/mol. The first kappa shape index (κ1) is 10.3. The number of unbranched alkanes of at least 4 members (excludes halogenated alkanes) is 2. The first-order valence-electron chi connectivity index (χ1n) is 4.51. The summed E-state index contributed by atoms with van der Waals surface area (Å²) in [5, 5.41) is 0.430. The van der Waals surface area contributed by atoms with Crippen molar-refractivity contribution in [3.05, 3.63) is 16.9 Å². The molecule has 0 aliphatic rings. The average molecular weight is 200 g/mol. The Bertz CT molecular complexity index is 255. The number of nitrogen functional groups attached to an aromatic ring is 1. The SMILES string of the molecule is CCCCCc1cc(Cl)nc(N)n1. The van der Waals surface area contributed by atoms with Gasteiger partial charge in [-0.05, 0) is 18.9 Å². The van der Waals surface area contributed by atoms with E-state index in [1.165, 1.54) is 12.8 Å². The molecule has 1 heterocycles. The molecule has 1 aromatic rings. The smallest absolute Gasteiger partial charge is 0.221 e. The lowest BCUT2D eigenvalue weighted by molar-refractivity contribution is 0.706. The highest BCUT2D eigenvalue weighted by Gasteiger charge is 1.99. The minimum Gasteiger partial charge on any atom is -0.368 e. The van der Waals surface area contributed by atoms with Gasteiger partial charge < -0.3 is 5.73 Å². The number of halogens is 1. The number of nitrogens with two attached hydrogens (primary N) is 1. The van der Waals surface area contributed by atoms with Crippen molar-refractivity contribution >= 4 is 17.5 Å². The second-order valence-electron chi connectivity index (χ2n) is 3.00. The Morgan fingerprint density at radius 2 is 2.15 bits per heavy atom. The third-order valence-corrected chi connectivity index (χ3v) is 2.00. The number of hydrogen-bond donors (Lipinski definition) is 1. The van der Waals surface area contributed by atoms with E-state index < -0.39 is 0 Å². The Morgan fingerprint density at radius 3 is 2.77 bits per heavy atom. The van der Waals surface area contributed by atoms with E-state index in [4.69, 9.17) is 17.3 Å². The highest BCUT2D eigenvalue weighted by atomic mass is 35.5. The summed E-state index contributed by atoms with van der Waals surface area (Å²) in [5.41, 5.74) is 6.39. The number of aromatic nitrogens is 2. The van der Waals surface area contributed by atoms with E-state index in [0.717, 1.165) is 18.5 Å². The van der Waals surface area contributed by atoms with Crippen LogP contribution in [-0.2, 0) is 6.42 Å². The van der Waals surface area contributed by atoms with Gasteiger partial charge in [0, 0.05) is 5.69 Å².